The summed E-state index contributed by atoms with van der Waals surface area (Å²) in [7, 11) is 0. The Morgan fingerprint density at radius 3 is 2.48 bits per heavy atom. The van der Waals surface area contributed by atoms with Gasteiger partial charge in [-0.1, -0.05) is 29.8 Å². The zero-order valence-corrected chi connectivity index (χ0v) is 12.8. The maximum Gasteiger partial charge on any atom is 0.255 e. The Hall–Kier alpha value is -2.85. The highest BCUT2D eigenvalue weighted by atomic mass is 35.5. The molecule has 0 aliphatic rings. The molecular formula is C18H13ClN2O2. The number of hydrogen-bond donors (Lipinski definition) is 1. The fourth-order valence-electron chi connectivity index (χ4n) is 2.00. The van der Waals surface area contributed by atoms with Gasteiger partial charge in [-0.25, -0.2) is 0 Å². The van der Waals surface area contributed by atoms with Crippen LogP contribution in [0.1, 0.15) is 10.4 Å². The number of benzene rings is 2. The number of para-hydroxylation sites is 1. The third kappa shape index (κ3) is 3.87. The molecule has 3 aromatic rings. The Kier molecular flexibility index (Phi) is 4.54. The van der Waals surface area contributed by atoms with Crippen molar-refractivity contribution >= 4 is 23.2 Å². The van der Waals surface area contributed by atoms with E-state index in [0.29, 0.717) is 27.8 Å². The maximum atomic E-state index is 12.3. The van der Waals surface area contributed by atoms with Gasteiger partial charge in [0.05, 0.1) is 5.69 Å². The van der Waals surface area contributed by atoms with Crippen molar-refractivity contribution in [1.29, 1.82) is 0 Å². The molecule has 1 N–H and O–H groups in total. The number of ether oxygens (including phenoxy) is 1. The number of nitrogens with one attached hydrogen (secondary N) is 1. The summed E-state index contributed by atoms with van der Waals surface area (Å²) in [4.78, 5) is 16.2. The summed E-state index contributed by atoms with van der Waals surface area (Å²) < 4.78 is 5.82. The van der Waals surface area contributed by atoms with Crippen molar-refractivity contribution in [3.8, 4) is 11.5 Å². The molecular weight excluding hydrogens is 312 g/mol. The number of amides is 1. The molecule has 0 atom stereocenters. The summed E-state index contributed by atoms with van der Waals surface area (Å²) in [5.41, 5.74) is 1.01. The minimum Gasteiger partial charge on any atom is -0.455 e. The number of aromatic nitrogens is 1. The molecule has 0 fully saturated rings. The highest BCUT2D eigenvalue weighted by molar-refractivity contribution is 6.31. The lowest BCUT2D eigenvalue weighted by molar-refractivity contribution is 0.102. The number of carbonyl (C=O) groups is 1. The van der Waals surface area contributed by atoms with E-state index in [1.54, 1.807) is 42.7 Å². The summed E-state index contributed by atoms with van der Waals surface area (Å²) in [6, 6.07) is 17.7. The van der Waals surface area contributed by atoms with Crippen molar-refractivity contribution in [2.24, 2.45) is 0 Å². The fraction of sp³-hybridized carbons (Fsp3) is 0. The first-order valence-corrected chi connectivity index (χ1v) is 7.34. The van der Waals surface area contributed by atoms with E-state index in [2.05, 4.69) is 10.3 Å². The van der Waals surface area contributed by atoms with Gasteiger partial charge < -0.3 is 10.1 Å². The normalized spacial score (nSPS) is 10.1. The van der Waals surface area contributed by atoms with Crippen LogP contribution in [0.3, 0.4) is 0 Å². The summed E-state index contributed by atoms with van der Waals surface area (Å²) >= 11 is 6.03. The largest absolute Gasteiger partial charge is 0.455 e. The van der Waals surface area contributed by atoms with E-state index in [4.69, 9.17) is 16.3 Å². The van der Waals surface area contributed by atoms with Gasteiger partial charge in [0.1, 0.15) is 5.75 Å². The van der Waals surface area contributed by atoms with Crippen molar-refractivity contribution in [3.63, 3.8) is 0 Å². The van der Waals surface area contributed by atoms with Gasteiger partial charge in [-0.05, 0) is 42.5 Å². The van der Waals surface area contributed by atoms with Crippen LogP contribution in [0.25, 0.3) is 0 Å². The number of rotatable bonds is 4. The number of halogens is 1. The average Bonchev–Trinajstić information content (AvgIpc) is 2.59. The molecule has 4 nitrogen and oxygen atoms in total. The van der Waals surface area contributed by atoms with Gasteiger partial charge in [0.15, 0.2) is 5.75 Å². The first-order valence-electron chi connectivity index (χ1n) is 6.96. The van der Waals surface area contributed by atoms with E-state index in [-0.39, 0.29) is 5.91 Å². The first kappa shape index (κ1) is 15.1. The second kappa shape index (κ2) is 6.94. The second-order valence-corrected chi connectivity index (χ2v) is 5.18. The molecule has 0 aliphatic carbocycles. The summed E-state index contributed by atoms with van der Waals surface area (Å²) in [6.07, 6.45) is 3.13. The quantitative estimate of drug-likeness (QED) is 0.751. The SMILES string of the molecule is O=C(Nc1cc(Cl)ccc1Oc1ccccc1)c1ccncc1. The molecule has 0 spiro atoms. The molecule has 3 rings (SSSR count). The number of hydrogen-bond acceptors (Lipinski definition) is 3. The van der Waals surface area contributed by atoms with E-state index in [0.717, 1.165) is 0 Å². The molecule has 0 unspecified atom stereocenters. The molecule has 0 aliphatic heterocycles. The number of anilines is 1. The van der Waals surface area contributed by atoms with Crippen LogP contribution in [-0.2, 0) is 0 Å². The zero-order valence-electron chi connectivity index (χ0n) is 12.1. The zero-order chi connectivity index (χ0) is 16.1. The predicted molar refractivity (Wildman–Crippen MR) is 90.2 cm³/mol. The van der Waals surface area contributed by atoms with Gasteiger partial charge in [-0.2, -0.15) is 0 Å². The van der Waals surface area contributed by atoms with Gasteiger partial charge in [0, 0.05) is 23.0 Å². The van der Waals surface area contributed by atoms with Crippen molar-refractivity contribution < 1.29 is 9.53 Å². The van der Waals surface area contributed by atoms with Gasteiger partial charge in [0.25, 0.3) is 5.91 Å². The van der Waals surface area contributed by atoms with Crippen molar-refractivity contribution in [2.75, 3.05) is 5.32 Å². The lowest BCUT2D eigenvalue weighted by Crippen LogP contribution is -2.12. The van der Waals surface area contributed by atoms with Crippen LogP contribution in [-0.4, -0.2) is 10.9 Å². The molecule has 1 amide bonds. The topological polar surface area (TPSA) is 51.2 Å². The number of pyridine rings is 1. The van der Waals surface area contributed by atoms with Gasteiger partial charge in [-0.3, -0.25) is 9.78 Å². The minimum absolute atomic E-state index is 0.257. The first-order chi connectivity index (χ1) is 11.2. The highest BCUT2D eigenvalue weighted by Crippen LogP contribution is 2.32. The van der Waals surface area contributed by atoms with Crippen molar-refractivity contribution in [2.45, 2.75) is 0 Å². The standard InChI is InChI=1S/C18H13ClN2O2/c19-14-6-7-17(23-15-4-2-1-3-5-15)16(12-14)21-18(22)13-8-10-20-11-9-13/h1-12H,(H,21,22). The van der Waals surface area contributed by atoms with Crippen LogP contribution in [0.2, 0.25) is 5.02 Å². The van der Waals surface area contributed by atoms with Gasteiger partial charge in [-0.15, -0.1) is 0 Å². The lowest BCUT2D eigenvalue weighted by Gasteiger charge is -2.12. The van der Waals surface area contributed by atoms with E-state index in [1.807, 2.05) is 30.3 Å². The van der Waals surface area contributed by atoms with Crippen molar-refractivity contribution in [3.05, 3.63) is 83.6 Å². The molecule has 0 radical (unpaired) electrons. The minimum atomic E-state index is -0.257. The average molecular weight is 325 g/mol. The van der Waals surface area contributed by atoms with Gasteiger partial charge in [0.2, 0.25) is 0 Å². The van der Waals surface area contributed by atoms with E-state index in [1.165, 1.54) is 0 Å². The molecule has 114 valence electrons. The molecule has 23 heavy (non-hydrogen) atoms. The highest BCUT2D eigenvalue weighted by Gasteiger charge is 2.11. The van der Waals surface area contributed by atoms with Crippen LogP contribution in [0, 0.1) is 0 Å². The second-order valence-electron chi connectivity index (χ2n) is 4.75. The molecule has 0 bridgehead atoms. The van der Waals surface area contributed by atoms with Crippen LogP contribution >= 0.6 is 11.6 Å². The third-order valence-corrected chi connectivity index (χ3v) is 3.34. The smallest absolute Gasteiger partial charge is 0.255 e. The molecule has 0 saturated carbocycles. The molecule has 1 heterocycles. The molecule has 0 saturated heterocycles. The molecule has 1 aromatic heterocycles. The van der Waals surface area contributed by atoms with E-state index in [9.17, 15) is 4.79 Å². The van der Waals surface area contributed by atoms with Gasteiger partial charge >= 0.3 is 0 Å². The maximum absolute atomic E-state index is 12.3. The van der Waals surface area contributed by atoms with Crippen LogP contribution < -0.4 is 10.1 Å². The van der Waals surface area contributed by atoms with Crippen LogP contribution in [0.5, 0.6) is 11.5 Å². The predicted octanol–water partition coefficient (Wildman–Crippen LogP) is 4.78. The fourth-order valence-corrected chi connectivity index (χ4v) is 2.17. The van der Waals surface area contributed by atoms with Crippen molar-refractivity contribution in [1.82, 2.24) is 4.98 Å². The monoisotopic (exact) mass is 324 g/mol. The Labute approximate surface area is 138 Å². The lowest BCUT2D eigenvalue weighted by atomic mass is 10.2. The van der Waals surface area contributed by atoms with E-state index < -0.39 is 0 Å². The molecule has 2 aromatic carbocycles. The third-order valence-electron chi connectivity index (χ3n) is 3.10. The summed E-state index contributed by atoms with van der Waals surface area (Å²) in [5, 5.41) is 3.32. The Morgan fingerprint density at radius 2 is 1.74 bits per heavy atom. The van der Waals surface area contributed by atoms with E-state index >= 15 is 0 Å². The Morgan fingerprint density at radius 1 is 1.00 bits per heavy atom. The number of nitrogens with zero attached hydrogens (tertiary/aromatic N) is 1. The number of carbonyl (C=O) groups excluding carboxylic acids is 1. The Bertz CT molecular complexity index is 808. The molecule has 5 heteroatoms. The summed E-state index contributed by atoms with van der Waals surface area (Å²) in [5.74, 6) is 0.935. The Balaban J connectivity index is 1.86. The summed E-state index contributed by atoms with van der Waals surface area (Å²) in [6.45, 7) is 0. The van der Waals surface area contributed by atoms with Crippen LogP contribution in [0.4, 0.5) is 5.69 Å². The van der Waals surface area contributed by atoms with Crippen LogP contribution in [0.15, 0.2) is 73.1 Å².